The summed E-state index contributed by atoms with van der Waals surface area (Å²) >= 11 is 0. The van der Waals surface area contributed by atoms with Crippen LogP contribution in [0, 0.1) is 0 Å². The molecule has 3 atom stereocenters. The molecule has 0 radical (unpaired) electrons. The first-order valence-electron chi connectivity index (χ1n) is 7.02. The Morgan fingerprint density at radius 1 is 1.32 bits per heavy atom. The third-order valence-corrected chi connectivity index (χ3v) is 3.60. The summed E-state index contributed by atoms with van der Waals surface area (Å²) in [7, 11) is 0. The molecule has 1 aromatic carbocycles. The summed E-state index contributed by atoms with van der Waals surface area (Å²) in [5.74, 6) is -0.978. The highest BCUT2D eigenvalue weighted by Crippen LogP contribution is 2.25. The molecule has 1 saturated heterocycles. The molecule has 2 amide bonds. The van der Waals surface area contributed by atoms with Crippen LogP contribution in [-0.2, 0) is 20.9 Å². The van der Waals surface area contributed by atoms with Crippen molar-refractivity contribution in [1.82, 2.24) is 10.6 Å². The van der Waals surface area contributed by atoms with Gasteiger partial charge >= 0.3 is 0 Å². The first-order valence-corrected chi connectivity index (χ1v) is 7.02. The molecule has 0 unspecified atom stereocenters. The molecule has 0 bridgehead atoms. The summed E-state index contributed by atoms with van der Waals surface area (Å²) in [5.41, 5.74) is -1.14. The zero-order chi connectivity index (χ0) is 16.2. The second-order valence-corrected chi connectivity index (χ2v) is 5.32. The zero-order valence-electron chi connectivity index (χ0n) is 12.3. The van der Waals surface area contributed by atoms with Crippen LogP contribution < -0.4 is 10.6 Å². The van der Waals surface area contributed by atoms with Gasteiger partial charge < -0.3 is 25.6 Å². The highest BCUT2D eigenvalue weighted by molar-refractivity contribution is 5.86. The molecule has 1 aliphatic rings. The minimum Gasteiger partial charge on any atom is -0.387 e. The molecule has 0 saturated carbocycles. The number of amides is 2. The minimum absolute atomic E-state index is 0.0325. The number of nitrogens with one attached hydrogen (secondary N) is 2. The number of aliphatic hydroxyl groups is 2. The predicted octanol–water partition coefficient (Wildman–Crippen LogP) is -1.07. The maximum absolute atomic E-state index is 12.1. The van der Waals surface area contributed by atoms with Crippen LogP contribution in [0.25, 0.3) is 0 Å². The molecule has 0 aromatic heterocycles. The van der Waals surface area contributed by atoms with Crippen LogP contribution >= 0.6 is 0 Å². The van der Waals surface area contributed by atoms with Gasteiger partial charge in [0.15, 0.2) is 5.60 Å². The van der Waals surface area contributed by atoms with Gasteiger partial charge in [-0.1, -0.05) is 30.3 Å². The average Bonchev–Trinajstić information content (AvgIpc) is 2.80. The van der Waals surface area contributed by atoms with Gasteiger partial charge in [-0.2, -0.15) is 0 Å². The SMILES string of the molecule is CC(=O)NC[C@@H]1OC[C@](O)(C(=O)NCc2ccccc2)[C@@H]1O. The van der Waals surface area contributed by atoms with Crippen molar-refractivity contribution in [3.8, 4) is 0 Å². The van der Waals surface area contributed by atoms with Crippen molar-refractivity contribution in [2.24, 2.45) is 0 Å². The molecule has 120 valence electrons. The molecule has 1 aliphatic heterocycles. The fourth-order valence-electron chi connectivity index (χ4n) is 2.26. The third kappa shape index (κ3) is 3.62. The molecular weight excluding hydrogens is 288 g/mol. The van der Waals surface area contributed by atoms with Gasteiger partial charge in [-0.3, -0.25) is 9.59 Å². The highest BCUT2D eigenvalue weighted by atomic mass is 16.5. The zero-order valence-corrected chi connectivity index (χ0v) is 12.3. The first-order chi connectivity index (χ1) is 10.4. The maximum Gasteiger partial charge on any atom is 0.257 e. The van der Waals surface area contributed by atoms with E-state index in [0.29, 0.717) is 0 Å². The third-order valence-electron chi connectivity index (χ3n) is 3.60. The molecule has 2 rings (SSSR count). The average molecular weight is 308 g/mol. The fourth-order valence-corrected chi connectivity index (χ4v) is 2.26. The molecule has 1 aromatic rings. The quantitative estimate of drug-likeness (QED) is 0.554. The molecule has 7 nitrogen and oxygen atoms in total. The van der Waals surface area contributed by atoms with Crippen molar-refractivity contribution >= 4 is 11.8 Å². The van der Waals surface area contributed by atoms with Crippen LogP contribution in [0.1, 0.15) is 12.5 Å². The molecule has 1 fully saturated rings. The van der Waals surface area contributed by atoms with Gasteiger partial charge in [0.05, 0.1) is 6.61 Å². The second-order valence-electron chi connectivity index (χ2n) is 5.32. The van der Waals surface area contributed by atoms with Crippen molar-refractivity contribution in [2.75, 3.05) is 13.2 Å². The van der Waals surface area contributed by atoms with E-state index in [9.17, 15) is 19.8 Å². The van der Waals surface area contributed by atoms with E-state index >= 15 is 0 Å². The summed E-state index contributed by atoms with van der Waals surface area (Å²) in [6, 6.07) is 9.22. The van der Waals surface area contributed by atoms with Gasteiger partial charge in [0.25, 0.3) is 5.91 Å². The van der Waals surface area contributed by atoms with E-state index < -0.39 is 23.7 Å². The fraction of sp³-hybridized carbons (Fsp3) is 0.467. The number of carbonyl (C=O) groups is 2. The molecule has 22 heavy (non-hydrogen) atoms. The Kier molecular flexibility index (Phi) is 5.12. The van der Waals surface area contributed by atoms with Crippen molar-refractivity contribution in [2.45, 2.75) is 31.3 Å². The Bertz CT molecular complexity index is 536. The molecule has 0 spiro atoms. The Labute approximate surface area is 128 Å². The Hall–Kier alpha value is -1.96. The van der Waals surface area contributed by atoms with Gasteiger partial charge in [-0.15, -0.1) is 0 Å². The summed E-state index contributed by atoms with van der Waals surface area (Å²) < 4.78 is 5.23. The van der Waals surface area contributed by atoms with Crippen LogP contribution in [0.2, 0.25) is 0 Å². The standard InChI is InChI=1S/C15H20N2O5/c1-10(18)16-8-12-13(19)15(21,9-22-12)14(20)17-7-11-5-3-2-4-6-11/h2-6,12-13,19,21H,7-9H2,1H3,(H,16,18)(H,17,20)/t12-,13+,15+/m0/s1. The number of hydrogen-bond acceptors (Lipinski definition) is 5. The Balaban J connectivity index is 1.92. The van der Waals surface area contributed by atoms with Crippen molar-refractivity contribution < 1.29 is 24.5 Å². The maximum atomic E-state index is 12.1. The topological polar surface area (TPSA) is 108 Å². The largest absolute Gasteiger partial charge is 0.387 e. The van der Waals surface area contributed by atoms with E-state index in [1.54, 1.807) is 0 Å². The van der Waals surface area contributed by atoms with E-state index in [1.165, 1.54) is 6.92 Å². The van der Waals surface area contributed by atoms with E-state index in [2.05, 4.69) is 10.6 Å². The lowest BCUT2D eigenvalue weighted by atomic mass is 9.95. The van der Waals surface area contributed by atoms with Crippen LogP contribution in [0.4, 0.5) is 0 Å². The van der Waals surface area contributed by atoms with Gasteiger partial charge in [-0.05, 0) is 5.56 Å². The number of ether oxygens (including phenoxy) is 1. The van der Waals surface area contributed by atoms with Crippen LogP contribution in [-0.4, -0.2) is 53.0 Å². The minimum atomic E-state index is -2.02. The van der Waals surface area contributed by atoms with E-state index in [-0.39, 0.29) is 25.6 Å². The van der Waals surface area contributed by atoms with Gasteiger partial charge in [0, 0.05) is 20.0 Å². The molecule has 1 heterocycles. The van der Waals surface area contributed by atoms with Gasteiger partial charge in [0.2, 0.25) is 5.91 Å². The lowest BCUT2D eigenvalue weighted by Crippen LogP contribution is -2.56. The molecule has 7 heteroatoms. The molecular formula is C15H20N2O5. The number of aliphatic hydroxyl groups excluding tert-OH is 1. The van der Waals surface area contributed by atoms with Crippen molar-refractivity contribution in [1.29, 1.82) is 0 Å². The van der Waals surface area contributed by atoms with Crippen molar-refractivity contribution in [3.63, 3.8) is 0 Å². The van der Waals surface area contributed by atoms with Gasteiger partial charge in [0.1, 0.15) is 12.2 Å². The van der Waals surface area contributed by atoms with Crippen LogP contribution in [0.5, 0.6) is 0 Å². The normalized spacial score (nSPS) is 27.4. The highest BCUT2D eigenvalue weighted by Gasteiger charge is 2.53. The summed E-state index contributed by atoms with van der Waals surface area (Å²) in [6.45, 7) is 1.29. The van der Waals surface area contributed by atoms with Crippen molar-refractivity contribution in [3.05, 3.63) is 35.9 Å². The van der Waals surface area contributed by atoms with Crippen LogP contribution in [0.15, 0.2) is 30.3 Å². The smallest absolute Gasteiger partial charge is 0.257 e. The van der Waals surface area contributed by atoms with Crippen LogP contribution in [0.3, 0.4) is 0 Å². The Morgan fingerprint density at radius 2 is 2.00 bits per heavy atom. The van der Waals surface area contributed by atoms with Gasteiger partial charge in [-0.25, -0.2) is 0 Å². The summed E-state index contributed by atoms with van der Waals surface area (Å²) in [6.07, 6.45) is -2.23. The Morgan fingerprint density at radius 3 is 2.64 bits per heavy atom. The second kappa shape index (κ2) is 6.87. The van der Waals surface area contributed by atoms with E-state index in [0.717, 1.165) is 5.56 Å². The number of rotatable bonds is 5. The monoisotopic (exact) mass is 308 g/mol. The lowest BCUT2D eigenvalue weighted by Gasteiger charge is -2.25. The summed E-state index contributed by atoms with van der Waals surface area (Å²) in [5, 5.41) is 25.5. The predicted molar refractivity (Wildman–Crippen MR) is 77.7 cm³/mol. The molecule has 4 N–H and O–H groups in total. The van der Waals surface area contributed by atoms with E-state index in [1.807, 2.05) is 30.3 Å². The first kappa shape index (κ1) is 16.4. The number of carbonyl (C=O) groups excluding carboxylic acids is 2. The van der Waals surface area contributed by atoms with E-state index in [4.69, 9.17) is 4.74 Å². The number of hydrogen-bond donors (Lipinski definition) is 4. The lowest BCUT2D eigenvalue weighted by molar-refractivity contribution is -0.148. The number of benzene rings is 1. The molecule has 0 aliphatic carbocycles. The summed E-state index contributed by atoms with van der Waals surface area (Å²) in [4.78, 5) is 23.0.